The molecular weight excluding hydrogens is 515 g/mol. The van der Waals surface area contributed by atoms with Gasteiger partial charge in [0.05, 0.1) is 16.1 Å². The molecule has 2 atom stereocenters. The monoisotopic (exact) mass is 554 g/mol. The molecule has 0 saturated heterocycles. The Morgan fingerprint density at radius 2 is 1.85 bits per heavy atom. The van der Waals surface area contributed by atoms with E-state index in [-0.39, 0.29) is 27.6 Å². The second kappa shape index (κ2) is 12.6. The van der Waals surface area contributed by atoms with Gasteiger partial charge < -0.3 is 15.0 Å². The zero-order chi connectivity index (χ0) is 28.0. The number of hydrogen-bond acceptors (Lipinski definition) is 6. The van der Waals surface area contributed by atoms with E-state index in [1.54, 1.807) is 0 Å². The predicted molar refractivity (Wildman–Crippen MR) is 151 cm³/mol. The molecule has 1 amide bonds. The van der Waals surface area contributed by atoms with Crippen LogP contribution in [-0.4, -0.2) is 54.4 Å². The molecule has 2 aromatic carbocycles. The maximum Gasteiger partial charge on any atom is 0.264 e. The van der Waals surface area contributed by atoms with E-state index in [0.29, 0.717) is 12.8 Å². The highest BCUT2D eigenvalue weighted by Gasteiger charge is 2.45. The molecule has 0 spiro atoms. The van der Waals surface area contributed by atoms with Crippen LogP contribution in [0, 0.1) is 17.1 Å². The second-order valence-corrected chi connectivity index (χ2v) is 12.4. The first-order chi connectivity index (χ1) is 18.7. The fraction of sp³-hybridized carbons (Fsp3) is 0.533. The topological polar surface area (TPSA) is 94.5 Å². The van der Waals surface area contributed by atoms with Gasteiger partial charge in [0, 0.05) is 13.2 Å². The maximum atomic E-state index is 15.5. The Kier molecular flexibility index (Phi) is 9.42. The van der Waals surface area contributed by atoms with Crippen LogP contribution in [0.4, 0.5) is 10.1 Å². The van der Waals surface area contributed by atoms with E-state index in [4.69, 9.17) is 4.74 Å². The average Bonchev–Trinajstić information content (AvgIpc) is 3.73. The minimum Gasteiger partial charge on any atom is -0.379 e. The zero-order valence-electron chi connectivity index (χ0n) is 23.1. The lowest BCUT2D eigenvalue weighted by Gasteiger charge is -2.34. The molecule has 9 heteroatoms. The van der Waals surface area contributed by atoms with Crippen LogP contribution in [0.25, 0.3) is 0 Å². The largest absolute Gasteiger partial charge is 0.379 e. The van der Waals surface area contributed by atoms with Crippen LogP contribution >= 0.6 is 0 Å². The Labute approximate surface area is 233 Å². The zero-order valence-corrected chi connectivity index (χ0v) is 23.9. The van der Waals surface area contributed by atoms with E-state index in [1.807, 2.05) is 32.3 Å². The molecule has 39 heavy (non-hydrogen) atoms. The lowest BCUT2D eigenvalue weighted by molar-refractivity contribution is -0.145. The smallest absolute Gasteiger partial charge is 0.264 e. The number of rotatable bonds is 12. The summed E-state index contributed by atoms with van der Waals surface area (Å²) in [6, 6.07) is 14.9. The van der Waals surface area contributed by atoms with Gasteiger partial charge in [0.1, 0.15) is 17.5 Å². The van der Waals surface area contributed by atoms with Crippen LogP contribution in [0.1, 0.15) is 68.9 Å². The van der Waals surface area contributed by atoms with Crippen molar-refractivity contribution in [3.63, 3.8) is 0 Å². The van der Waals surface area contributed by atoms with Gasteiger partial charge in [-0.05, 0) is 82.3 Å². The van der Waals surface area contributed by atoms with Crippen molar-refractivity contribution in [2.75, 3.05) is 33.1 Å². The summed E-state index contributed by atoms with van der Waals surface area (Å²) in [5.74, 6) is -1.13. The van der Waals surface area contributed by atoms with Crippen LogP contribution in [-0.2, 0) is 25.9 Å². The summed E-state index contributed by atoms with van der Waals surface area (Å²) >= 11 is 0. The van der Waals surface area contributed by atoms with Gasteiger partial charge in [-0.15, -0.1) is 0 Å². The van der Waals surface area contributed by atoms with Gasteiger partial charge in [-0.1, -0.05) is 49.6 Å². The molecule has 2 aliphatic rings. The Morgan fingerprint density at radius 3 is 2.44 bits per heavy atom. The van der Waals surface area contributed by atoms with Crippen molar-refractivity contribution in [1.82, 2.24) is 9.62 Å². The summed E-state index contributed by atoms with van der Waals surface area (Å²) in [7, 11) is 3.46. The van der Waals surface area contributed by atoms with Crippen molar-refractivity contribution in [3.8, 4) is 6.07 Å². The first-order valence-electron chi connectivity index (χ1n) is 13.7. The van der Waals surface area contributed by atoms with E-state index >= 15 is 4.39 Å². The summed E-state index contributed by atoms with van der Waals surface area (Å²) < 4.78 is 36.6. The molecule has 4 rings (SSSR count). The third kappa shape index (κ3) is 6.86. The Balaban J connectivity index is 1.53. The van der Waals surface area contributed by atoms with Gasteiger partial charge in [-0.25, -0.2) is 8.60 Å². The number of carbonyl (C=O) groups excluding carboxylic acids is 1. The molecular formula is C30H39FN4O3S. The average molecular weight is 555 g/mol. The standard InChI is InChI=1S/C30H39FN4O3S/c1-35(2)17-12-24(20-29(15-16-29)23-10-6-4-7-11-23)33-27-22(21-32)18-25(19-26(27)31)39(37)34-28(36)30(38-3)13-8-5-9-14-30/h4,6-7,10-11,18-19,24,33H,5,8-9,12-17,20H2,1-3H3,(H,34,36). The SMILES string of the molecule is COC1(C(=O)NS(=O)c2cc(F)c(NC(CCN(C)C)CC3(c4ccccc4)CC3)c(C#N)c2)CCCCC1. The number of carbonyl (C=O) groups is 1. The van der Waals surface area contributed by atoms with Crippen LogP contribution in [0.5, 0.6) is 0 Å². The molecule has 2 saturated carbocycles. The molecule has 0 radical (unpaired) electrons. The summed E-state index contributed by atoms with van der Waals surface area (Å²) in [6.45, 7) is 0.807. The Bertz CT molecular complexity index is 1220. The highest BCUT2D eigenvalue weighted by molar-refractivity contribution is 7.83. The molecule has 2 N–H and O–H groups in total. The minimum atomic E-state index is -2.03. The van der Waals surface area contributed by atoms with Crippen molar-refractivity contribution in [2.45, 2.75) is 79.7 Å². The number of hydrogen-bond donors (Lipinski definition) is 2. The van der Waals surface area contributed by atoms with Crippen molar-refractivity contribution in [1.29, 1.82) is 5.26 Å². The van der Waals surface area contributed by atoms with Crippen LogP contribution < -0.4 is 10.0 Å². The highest BCUT2D eigenvalue weighted by Crippen LogP contribution is 2.52. The number of nitrogens with one attached hydrogen (secondary N) is 2. The number of benzene rings is 2. The van der Waals surface area contributed by atoms with Crippen LogP contribution in [0.15, 0.2) is 47.4 Å². The molecule has 0 aromatic heterocycles. The minimum absolute atomic E-state index is 0.0396. The molecule has 0 aliphatic heterocycles. The maximum absolute atomic E-state index is 15.5. The first-order valence-corrected chi connectivity index (χ1v) is 14.9. The normalized spacial score (nSPS) is 19.1. The van der Waals surface area contributed by atoms with Crippen molar-refractivity contribution < 1.29 is 18.1 Å². The molecule has 210 valence electrons. The van der Waals surface area contributed by atoms with E-state index in [9.17, 15) is 14.3 Å². The summed E-state index contributed by atoms with van der Waals surface area (Å²) in [5.41, 5.74) is 0.486. The highest BCUT2D eigenvalue weighted by atomic mass is 32.2. The predicted octanol–water partition coefficient (Wildman–Crippen LogP) is 5.04. The number of nitrogens with zero attached hydrogens (tertiary/aromatic N) is 2. The number of ether oxygens (including phenoxy) is 1. The molecule has 2 aromatic rings. The van der Waals surface area contributed by atoms with Crippen molar-refractivity contribution in [2.24, 2.45) is 0 Å². The van der Waals surface area contributed by atoms with Gasteiger partial charge in [0.25, 0.3) is 5.91 Å². The second-order valence-electron chi connectivity index (χ2n) is 11.2. The molecule has 2 fully saturated rings. The molecule has 2 unspecified atom stereocenters. The lowest BCUT2D eigenvalue weighted by Crippen LogP contribution is -2.49. The van der Waals surface area contributed by atoms with Crippen molar-refractivity contribution >= 4 is 22.6 Å². The van der Waals surface area contributed by atoms with E-state index in [1.165, 1.54) is 18.7 Å². The van der Waals surface area contributed by atoms with Gasteiger partial charge >= 0.3 is 0 Å². The first kappa shape index (κ1) is 29.2. The molecule has 2 aliphatic carbocycles. The van der Waals surface area contributed by atoms with Gasteiger partial charge in [-0.3, -0.25) is 9.52 Å². The quantitative estimate of drug-likeness (QED) is 0.382. The Morgan fingerprint density at radius 1 is 1.15 bits per heavy atom. The van der Waals surface area contributed by atoms with Gasteiger partial charge in [-0.2, -0.15) is 5.26 Å². The van der Waals surface area contributed by atoms with Crippen LogP contribution in [0.2, 0.25) is 0 Å². The number of amides is 1. The van der Waals surface area contributed by atoms with Crippen molar-refractivity contribution in [3.05, 3.63) is 59.4 Å². The third-order valence-corrected chi connectivity index (χ3v) is 9.23. The summed E-state index contributed by atoms with van der Waals surface area (Å²) in [4.78, 5) is 15.1. The van der Waals surface area contributed by atoms with Gasteiger partial charge in [0.15, 0.2) is 11.0 Å². The van der Waals surface area contributed by atoms with E-state index < -0.39 is 28.3 Å². The summed E-state index contributed by atoms with van der Waals surface area (Å²) in [6.07, 6.45) is 7.56. The van der Waals surface area contributed by atoms with Crippen LogP contribution in [0.3, 0.4) is 0 Å². The van der Waals surface area contributed by atoms with E-state index in [0.717, 1.165) is 57.6 Å². The Hall–Kier alpha value is -2.80. The number of methoxy groups -OCH3 is 1. The summed E-state index contributed by atoms with van der Waals surface area (Å²) in [5, 5.41) is 13.2. The number of nitriles is 1. The molecule has 0 bridgehead atoms. The number of anilines is 1. The fourth-order valence-corrected chi connectivity index (χ4v) is 6.58. The lowest BCUT2D eigenvalue weighted by atomic mass is 9.84. The van der Waals surface area contributed by atoms with E-state index in [2.05, 4.69) is 33.1 Å². The number of halogens is 1. The molecule has 0 heterocycles. The molecule has 7 nitrogen and oxygen atoms in total. The fourth-order valence-electron chi connectivity index (χ4n) is 5.67. The van der Waals surface area contributed by atoms with Gasteiger partial charge in [0.2, 0.25) is 0 Å². The third-order valence-electron chi connectivity index (χ3n) is 8.20.